The highest BCUT2D eigenvalue weighted by atomic mass is 16.5. The highest BCUT2D eigenvalue weighted by molar-refractivity contribution is 6.04. The highest BCUT2D eigenvalue weighted by Gasteiger charge is 2.08. The Hall–Kier alpha value is -3.27. The molecule has 3 rings (SSSR count). The molecule has 3 aromatic rings. The Kier molecular flexibility index (Phi) is 7.70. The second-order valence-corrected chi connectivity index (χ2v) is 6.79. The monoisotopic (exact) mass is 389 g/mol. The zero-order chi connectivity index (χ0) is 20.3. The number of ether oxygens (including phenoxy) is 2. The Labute approximate surface area is 172 Å². The second kappa shape index (κ2) is 10.9. The van der Waals surface area contributed by atoms with E-state index in [1.807, 2.05) is 54.6 Å². The van der Waals surface area contributed by atoms with Crippen LogP contribution in [0.1, 0.15) is 35.7 Å². The first kappa shape index (κ1) is 20.5. The summed E-state index contributed by atoms with van der Waals surface area (Å²) >= 11 is 0. The number of carbonyl (C=O) groups is 1. The third-order valence-corrected chi connectivity index (χ3v) is 4.48. The molecule has 0 aromatic heterocycles. The lowest BCUT2D eigenvalue weighted by Gasteiger charge is -2.10. The zero-order valence-electron chi connectivity index (χ0n) is 16.8. The Bertz CT molecular complexity index is 891. The van der Waals surface area contributed by atoms with E-state index in [0.29, 0.717) is 24.5 Å². The zero-order valence-corrected chi connectivity index (χ0v) is 16.8. The predicted octanol–water partition coefficient (Wildman–Crippen LogP) is 5.74. The highest BCUT2D eigenvalue weighted by Crippen LogP contribution is 2.19. The molecule has 0 radical (unpaired) electrons. The largest absolute Gasteiger partial charge is 0.494 e. The Morgan fingerprint density at radius 2 is 1.59 bits per heavy atom. The van der Waals surface area contributed by atoms with Crippen LogP contribution in [0, 0.1) is 0 Å². The van der Waals surface area contributed by atoms with Crippen LogP contribution in [-0.4, -0.2) is 19.1 Å². The SMILES string of the molecule is CCCCOc1cccc(C(=O)Nc2ccc(OCCc3ccccc3)cc2)c1. The molecule has 4 nitrogen and oxygen atoms in total. The number of nitrogens with one attached hydrogen (secondary N) is 1. The molecule has 29 heavy (non-hydrogen) atoms. The maximum Gasteiger partial charge on any atom is 0.255 e. The molecule has 0 spiro atoms. The molecule has 0 heterocycles. The molecule has 0 saturated heterocycles. The minimum absolute atomic E-state index is 0.163. The standard InChI is InChI=1S/C25H27NO3/c1-2-3-17-28-24-11-7-10-21(19-24)25(27)26-22-12-14-23(15-13-22)29-18-16-20-8-5-4-6-9-20/h4-15,19H,2-3,16-18H2,1H3,(H,26,27). The summed E-state index contributed by atoms with van der Waals surface area (Å²) < 4.78 is 11.5. The van der Waals surface area contributed by atoms with Crippen molar-refractivity contribution in [1.29, 1.82) is 0 Å². The van der Waals surface area contributed by atoms with Crippen LogP contribution in [0.3, 0.4) is 0 Å². The lowest BCUT2D eigenvalue weighted by molar-refractivity contribution is 0.102. The van der Waals surface area contributed by atoms with Gasteiger partial charge in [-0.15, -0.1) is 0 Å². The van der Waals surface area contributed by atoms with Crippen molar-refractivity contribution in [2.75, 3.05) is 18.5 Å². The van der Waals surface area contributed by atoms with E-state index in [4.69, 9.17) is 9.47 Å². The average Bonchev–Trinajstić information content (AvgIpc) is 2.76. The number of anilines is 1. The van der Waals surface area contributed by atoms with E-state index < -0.39 is 0 Å². The van der Waals surface area contributed by atoms with Gasteiger partial charge in [-0.25, -0.2) is 0 Å². The molecular formula is C25H27NO3. The summed E-state index contributed by atoms with van der Waals surface area (Å²) in [6, 6.07) is 24.9. The summed E-state index contributed by atoms with van der Waals surface area (Å²) in [4.78, 5) is 12.5. The molecule has 0 bridgehead atoms. The minimum Gasteiger partial charge on any atom is -0.494 e. The fourth-order valence-electron chi connectivity index (χ4n) is 2.83. The first-order valence-corrected chi connectivity index (χ1v) is 10.1. The van der Waals surface area contributed by atoms with E-state index >= 15 is 0 Å². The van der Waals surface area contributed by atoms with Crippen LogP contribution < -0.4 is 14.8 Å². The van der Waals surface area contributed by atoms with E-state index in [0.717, 1.165) is 30.7 Å². The van der Waals surface area contributed by atoms with Gasteiger partial charge in [0.1, 0.15) is 11.5 Å². The van der Waals surface area contributed by atoms with Crippen molar-refractivity contribution < 1.29 is 14.3 Å². The Morgan fingerprint density at radius 3 is 2.34 bits per heavy atom. The second-order valence-electron chi connectivity index (χ2n) is 6.79. The van der Waals surface area contributed by atoms with Gasteiger partial charge in [-0.05, 0) is 54.4 Å². The van der Waals surface area contributed by atoms with Crippen molar-refractivity contribution in [3.8, 4) is 11.5 Å². The number of hydrogen-bond donors (Lipinski definition) is 1. The lowest BCUT2D eigenvalue weighted by atomic mass is 10.2. The summed E-state index contributed by atoms with van der Waals surface area (Å²) in [5.74, 6) is 1.34. The summed E-state index contributed by atoms with van der Waals surface area (Å²) in [6.07, 6.45) is 2.93. The van der Waals surface area contributed by atoms with Crippen molar-refractivity contribution >= 4 is 11.6 Å². The molecule has 1 N–H and O–H groups in total. The number of hydrogen-bond acceptors (Lipinski definition) is 3. The topological polar surface area (TPSA) is 47.6 Å². The molecule has 1 amide bonds. The van der Waals surface area contributed by atoms with Crippen LogP contribution in [-0.2, 0) is 6.42 Å². The summed E-state index contributed by atoms with van der Waals surface area (Å²) in [7, 11) is 0. The number of benzene rings is 3. The number of amides is 1. The van der Waals surface area contributed by atoms with Crippen LogP contribution in [0.2, 0.25) is 0 Å². The molecule has 0 atom stereocenters. The van der Waals surface area contributed by atoms with Crippen LogP contribution >= 0.6 is 0 Å². The first-order valence-electron chi connectivity index (χ1n) is 10.1. The maximum absolute atomic E-state index is 12.5. The van der Waals surface area contributed by atoms with Gasteiger partial charge in [-0.1, -0.05) is 49.7 Å². The van der Waals surface area contributed by atoms with Gasteiger partial charge in [0, 0.05) is 17.7 Å². The average molecular weight is 389 g/mol. The number of rotatable bonds is 10. The molecule has 0 aliphatic heterocycles. The molecule has 3 aromatic carbocycles. The van der Waals surface area contributed by atoms with Crippen molar-refractivity contribution in [2.24, 2.45) is 0 Å². The quantitative estimate of drug-likeness (QED) is 0.450. The summed E-state index contributed by atoms with van der Waals surface area (Å²) in [6.45, 7) is 3.39. The van der Waals surface area contributed by atoms with Crippen molar-refractivity contribution in [3.05, 3.63) is 90.0 Å². The third-order valence-electron chi connectivity index (χ3n) is 4.48. The van der Waals surface area contributed by atoms with Gasteiger partial charge in [-0.3, -0.25) is 4.79 Å². The summed E-state index contributed by atoms with van der Waals surface area (Å²) in [5.41, 5.74) is 2.54. The fourth-order valence-corrected chi connectivity index (χ4v) is 2.83. The van der Waals surface area contributed by atoms with Crippen LogP contribution in [0.4, 0.5) is 5.69 Å². The summed E-state index contributed by atoms with van der Waals surface area (Å²) in [5, 5.41) is 2.91. The van der Waals surface area contributed by atoms with E-state index in [1.54, 1.807) is 12.1 Å². The van der Waals surface area contributed by atoms with E-state index in [1.165, 1.54) is 5.56 Å². The van der Waals surface area contributed by atoms with Gasteiger partial charge in [0.2, 0.25) is 0 Å². The molecular weight excluding hydrogens is 362 g/mol. The van der Waals surface area contributed by atoms with Gasteiger partial charge >= 0.3 is 0 Å². The maximum atomic E-state index is 12.5. The normalized spacial score (nSPS) is 10.4. The molecule has 0 unspecified atom stereocenters. The molecule has 0 aliphatic carbocycles. The molecule has 0 saturated carbocycles. The molecule has 0 aliphatic rings. The predicted molar refractivity (Wildman–Crippen MR) is 117 cm³/mol. The van der Waals surface area contributed by atoms with Crippen LogP contribution in [0.15, 0.2) is 78.9 Å². The first-order chi connectivity index (χ1) is 14.2. The van der Waals surface area contributed by atoms with E-state index in [-0.39, 0.29) is 5.91 Å². The Balaban J connectivity index is 1.50. The van der Waals surface area contributed by atoms with Gasteiger partial charge in [0.25, 0.3) is 5.91 Å². The van der Waals surface area contributed by atoms with Crippen molar-refractivity contribution in [1.82, 2.24) is 0 Å². The molecule has 150 valence electrons. The van der Waals surface area contributed by atoms with Gasteiger partial charge < -0.3 is 14.8 Å². The van der Waals surface area contributed by atoms with E-state index in [9.17, 15) is 4.79 Å². The molecule has 4 heteroatoms. The molecule has 0 fully saturated rings. The van der Waals surface area contributed by atoms with Gasteiger partial charge in [0.05, 0.1) is 13.2 Å². The number of carbonyl (C=O) groups excluding carboxylic acids is 1. The van der Waals surface area contributed by atoms with Gasteiger partial charge in [-0.2, -0.15) is 0 Å². The lowest BCUT2D eigenvalue weighted by Crippen LogP contribution is -2.12. The van der Waals surface area contributed by atoms with Crippen molar-refractivity contribution in [2.45, 2.75) is 26.2 Å². The van der Waals surface area contributed by atoms with Crippen LogP contribution in [0.5, 0.6) is 11.5 Å². The van der Waals surface area contributed by atoms with Gasteiger partial charge in [0.15, 0.2) is 0 Å². The fraction of sp³-hybridized carbons (Fsp3) is 0.240. The van der Waals surface area contributed by atoms with Crippen LogP contribution in [0.25, 0.3) is 0 Å². The number of unbranched alkanes of at least 4 members (excludes halogenated alkanes) is 1. The third kappa shape index (κ3) is 6.68. The van der Waals surface area contributed by atoms with E-state index in [2.05, 4.69) is 24.4 Å². The van der Waals surface area contributed by atoms with Crippen molar-refractivity contribution in [3.63, 3.8) is 0 Å². The Morgan fingerprint density at radius 1 is 0.828 bits per heavy atom. The smallest absolute Gasteiger partial charge is 0.255 e. The minimum atomic E-state index is -0.163.